The van der Waals surface area contributed by atoms with E-state index in [9.17, 15) is 10.2 Å². The molecule has 1 aromatic rings. The molecular weight excluding hydrogens is 166 g/mol. The molecule has 0 saturated carbocycles. The van der Waals surface area contributed by atoms with Gasteiger partial charge < -0.3 is 15.9 Å². The summed E-state index contributed by atoms with van der Waals surface area (Å²) in [6, 6.07) is 5.22. The van der Waals surface area contributed by atoms with Crippen molar-refractivity contribution in [3.05, 3.63) is 29.3 Å². The van der Waals surface area contributed by atoms with Crippen LogP contribution in [0.3, 0.4) is 0 Å². The molecule has 3 nitrogen and oxygen atoms in total. The van der Waals surface area contributed by atoms with Crippen molar-refractivity contribution in [2.24, 2.45) is 5.73 Å². The summed E-state index contributed by atoms with van der Waals surface area (Å²) in [7, 11) is 0. The van der Waals surface area contributed by atoms with Crippen molar-refractivity contribution in [3.63, 3.8) is 0 Å². The molecule has 0 aromatic heterocycles. The maximum Gasteiger partial charge on any atom is 0.121 e. The van der Waals surface area contributed by atoms with Crippen LogP contribution in [0.25, 0.3) is 0 Å². The molecule has 4 N–H and O–H groups in total. The minimum absolute atomic E-state index is 0.140. The fourth-order valence-electron chi connectivity index (χ4n) is 1.25. The molecule has 1 atom stereocenters. The predicted octanol–water partition coefficient (Wildman–Crippen LogP) is 1.08. The number of nitrogens with two attached hydrogens (primary N) is 1. The molecule has 3 heteroatoms. The number of rotatable bonds is 3. The van der Waals surface area contributed by atoms with Crippen molar-refractivity contribution in [2.75, 3.05) is 6.54 Å². The lowest BCUT2D eigenvalue weighted by molar-refractivity contribution is 0.166. The minimum Gasteiger partial charge on any atom is -0.508 e. The maximum atomic E-state index is 9.55. The van der Waals surface area contributed by atoms with Gasteiger partial charge in [-0.05, 0) is 31.5 Å². The molecule has 0 fully saturated rings. The molecule has 0 heterocycles. The quantitative estimate of drug-likeness (QED) is 0.653. The Labute approximate surface area is 77.8 Å². The van der Waals surface area contributed by atoms with E-state index in [4.69, 9.17) is 5.73 Å². The van der Waals surface area contributed by atoms with Crippen LogP contribution in [0.2, 0.25) is 0 Å². The summed E-state index contributed by atoms with van der Waals surface area (Å²) in [6.07, 6.45) is -0.193. The van der Waals surface area contributed by atoms with Crippen LogP contribution in [0.5, 0.6) is 5.75 Å². The molecule has 0 radical (unpaired) electrons. The fraction of sp³-hybridized carbons (Fsp3) is 0.400. The van der Waals surface area contributed by atoms with Crippen LogP contribution in [0, 0.1) is 6.92 Å². The third-order valence-corrected chi connectivity index (χ3v) is 1.99. The van der Waals surface area contributed by atoms with E-state index in [1.54, 1.807) is 12.1 Å². The highest BCUT2D eigenvalue weighted by Crippen LogP contribution is 2.26. The van der Waals surface area contributed by atoms with Gasteiger partial charge in [-0.2, -0.15) is 0 Å². The Bertz CT molecular complexity index is 286. The highest BCUT2D eigenvalue weighted by Gasteiger charge is 2.10. The normalized spacial score (nSPS) is 12.8. The summed E-state index contributed by atoms with van der Waals surface area (Å²) < 4.78 is 0. The average molecular weight is 181 g/mol. The van der Waals surface area contributed by atoms with Crippen molar-refractivity contribution in [1.82, 2.24) is 0 Å². The average Bonchev–Trinajstić information content (AvgIpc) is 2.04. The molecule has 1 aromatic carbocycles. The monoisotopic (exact) mass is 181 g/mol. The first-order valence-electron chi connectivity index (χ1n) is 4.33. The Morgan fingerprint density at radius 2 is 2.15 bits per heavy atom. The third kappa shape index (κ3) is 2.44. The van der Waals surface area contributed by atoms with Gasteiger partial charge in [0, 0.05) is 5.56 Å². The number of aliphatic hydroxyl groups is 1. The van der Waals surface area contributed by atoms with Gasteiger partial charge >= 0.3 is 0 Å². The third-order valence-electron chi connectivity index (χ3n) is 1.99. The van der Waals surface area contributed by atoms with Crippen molar-refractivity contribution >= 4 is 0 Å². The van der Waals surface area contributed by atoms with Crippen LogP contribution in [0.15, 0.2) is 18.2 Å². The summed E-state index contributed by atoms with van der Waals surface area (Å²) in [5.41, 5.74) is 6.83. The molecule has 1 rings (SSSR count). The van der Waals surface area contributed by atoms with Gasteiger partial charge in [-0.25, -0.2) is 0 Å². The van der Waals surface area contributed by atoms with Gasteiger partial charge in [0.1, 0.15) is 5.75 Å². The van der Waals surface area contributed by atoms with Crippen molar-refractivity contribution in [2.45, 2.75) is 19.4 Å². The molecule has 0 bridgehead atoms. The first kappa shape index (κ1) is 10.0. The first-order chi connectivity index (χ1) is 6.15. The van der Waals surface area contributed by atoms with E-state index < -0.39 is 6.10 Å². The van der Waals surface area contributed by atoms with Crippen LogP contribution < -0.4 is 5.73 Å². The summed E-state index contributed by atoms with van der Waals surface area (Å²) in [5, 5.41) is 19.0. The second-order valence-electron chi connectivity index (χ2n) is 3.16. The molecule has 0 aliphatic carbocycles. The largest absolute Gasteiger partial charge is 0.508 e. The van der Waals surface area contributed by atoms with Gasteiger partial charge in [-0.15, -0.1) is 0 Å². The summed E-state index contributed by atoms with van der Waals surface area (Å²) >= 11 is 0. The van der Waals surface area contributed by atoms with Crippen molar-refractivity contribution in [1.29, 1.82) is 0 Å². The van der Waals surface area contributed by atoms with Gasteiger partial charge in [0.05, 0.1) is 6.10 Å². The lowest BCUT2D eigenvalue weighted by Crippen LogP contribution is -2.06. The van der Waals surface area contributed by atoms with Crippen LogP contribution in [0.4, 0.5) is 0 Å². The van der Waals surface area contributed by atoms with Gasteiger partial charge in [0.25, 0.3) is 0 Å². The second kappa shape index (κ2) is 4.25. The molecule has 72 valence electrons. The van der Waals surface area contributed by atoms with E-state index in [0.29, 0.717) is 18.5 Å². The van der Waals surface area contributed by atoms with Gasteiger partial charge in [-0.3, -0.25) is 0 Å². The first-order valence-corrected chi connectivity index (χ1v) is 4.33. The van der Waals surface area contributed by atoms with Crippen LogP contribution in [-0.4, -0.2) is 16.8 Å². The molecule has 0 aliphatic heterocycles. The lowest BCUT2D eigenvalue weighted by Gasteiger charge is -2.11. The number of phenols is 1. The number of benzene rings is 1. The van der Waals surface area contributed by atoms with E-state index in [-0.39, 0.29) is 5.75 Å². The molecule has 13 heavy (non-hydrogen) atoms. The number of hydrogen-bond donors (Lipinski definition) is 3. The Morgan fingerprint density at radius 3 is 2.69 bits per heavy atom. The number of phenolic OH excluding ortho intramolecular Hbond substituents is 1. The van der Waals surface area contributed by atoms with Crippen molar-refractivity contribution in [3.8, 4) is 5.75 Å². The summed E-state index contributed by atoms with van der Waals surface area (Å²) in [6.45, 7) is 2.30. The smallest absolute Gasteiger partial charge is 0.121 e. The molecule has 0 saturated heterocycles. The Hall–Kier alpha value is -1.06. The second-order valence-corrected chi connectivity index (χ2v) is 3.16. The van der Waals surface area contributed by atoms with E-state index >= 15 is 0 Å². The van der Waals surface area contributed by atoms with E-state index in [0.717, 1.165) is 5.56 Å². The van der Waals surface area contributed by atoms with E-state index in [1.807, 2.05) is 13.0 Å². The standard InChI is InChI=1S/C10H15NO2/c1-7-2-3-8(10(13)6-7)9(12)4-5-11/h2-3,6,9,12-13H,4-5,11H2,1H3/t9-/m0/s1. The lowest BCUT2D eigenvalue weighted by atomic mass is 10.0. The van der Waals surface area contributed by atoms with Crippen LogP contribution in [-0.2, 0) is 0 Å². The van der Waals surface area contributed by atoms with E-state index in [1.165, 1.54) is 0 Å². The Morgan fingerprint density at radius 1 is 1.46 bits per heavy atom. The highest BCUT2D eigenvalue weighted by atomic mass is 16.3. The minimum atomic E-state index is -0.661. The summed E-state index contributed by atoms with van der Waals surface area (Å²) in [4.78, 5) is 0. The van der Waals surface area contributed by atoms with Crippen molar-refractivity contribution < 1.29 is 10.2 Å². The number of hydrogen-bond acceptors (Lipinski definition) is 3. The fourth-order valence-corrected chi connectivity index (χ4v) is 1.25. The maximum absolute atomic E-state index is 9.55. The number of aryl methyl sites for hydroxylation is 1. The zero-order valence-electron chi connectivity index (χ0n) is 7.70. The van der Waals surface area contributed by atoms with Crippen LogP contribution >= 0.6 is 0 Å². The number of aliphatic hydroxyl groups excluding tert-OH is 1. The Kier molecular flexibility index (Phi) is 3.28. The topological polar surface area (TPSA) is 66.5 Å². The van der Waals surface area contributed by atoms with Gasteiger partial charge in [0.15, 0.2) is 0 Å². The summed E-state index contributed by atoms with van der Waals surface area (Å²) in [5.74, 6) is 0.140. The predicted molar refractivity (Wildman–Crippen MR) is 51.5 cm³/mol. The molecule has 0 amide bonds. The van der Waals surface area contributed by atoms with Gasteiger partial charge in [0.2, 0.25) is 0 Å². The van der Waals surface area contributed by atoms with E-state index in [2.05, 4.69) is 0 Å². The zero-order valence-corrected chi connectivity index (χ0v) is 7.70. The molecule has 0 unspecified atom stereocenters. The molecule has 0 spiro atoms. The Balaban J connectivity index is 2.88. The van der Waals surface area contributed by atoms with Gasteiger partial charge in [-0.1, -0.05) is 12.1 Å². The van der Waals surface area contributed by atoms with Crippen LogP contribution in [0.1, 0.15) is 23.7 Å². The molecular formula is C10H15NO2. The number of aromatic hydroxyl groups is 1. The SMILES string of the molecule is Cc1ccc([C@@H](O)CCN)c(O)c1. The highest BCUT2D eigenvalue weighted by molar-refractivity contribution is 5.37. The zero-order chi connectivity index (χ0) is 9.84. The molecule has 0 aliphatic rings.